The second-order valence-corrected chi connectivity index (χ2v) is 6.10. The normalized spacial score (nSPS) is 17.7. The van der Waals surface area contributed by atoms with Gasteiger partial charge in [-0.1, -0.05) is 18.2 Å². The Morgan fingerprint density at radius 1 is 1.36 bits per heavy atom. The summed E-state index contributed by atoms with van der Waals surface area (Å²) in [6, 6.07) is 9.47. The van der Waals surface area contributed by atoms with Gasteiger partial charge in [0.25, 0.3) is 0 Å². The summed E-state index contributed by atoms with van der Waals surface area (Å²) in [7, 11) is 0. The lowest BCUT2D eigenvalue weighted by atomic mass is 9.74. The Morgan fingerprint density at radius 3 is 2.68 bits per heavy atom. The maximum atomic E-state index is 12.4. The van der Waals surface area contributed by atoms with Crippen LogP contribution in [-0.4, -0.2) is 22.5 Å². The molecule has 1 atom stereocenters. The summed E-state index contributed by atoms with van der Waals surface area (Å²) in [5.74, 6) is -0.904. The zero-order valence-corrected chi connectivity index (χ0v) is 12.5. The quantitative estimate of drug-likeness (QED) is 0.889. The number of amides is 1. The molecule has 1 amide bonds. The van der Waals surface area contributed by atoms with Gasteiger partial charge in [0.2, 0.25) is 5.91 Å². The first-order valence-electron chi connectivity index (χ1n) is 7.51. The number of carboxylic acids is 1. The van der Waals surface area contributed by atoms with Crippen molar-refractivity contribution in [2.45, 2.75) is 44.1 Å². The van der Waals surface area contributed by atoms with Crippen molar-refractivity contribution in [1.82, 2.24) is 5.32 Å². The van der Waals surface area contributed by atoms with Crippen molar-refractivity contribution in [2.24, 2.45) is 0 Å². The van der Waals surface area contributed by atoms with Crippen molar-refractivity contribution in [1.29, 1.82) is 0 Å². The molecule has 1 saturated carbocycles. The second-order valence-electron chi connectivity index (χ2n) is 6.10. The molecule has 0 spiro atoms. The van der Waals surface area contributed by atoms with Crippen LogP contribution in [0.25, 0.3) is 11.0 Å². The maximum absolute atomic E-state index is 12.4. The van der Waals surface area contributed by atoms with Crippen LogP contribution >= 0.6 is 0 Å². The number of carboxylic acid groups (broad SMARTS) is 1. The summed E-state index contributed by atoms with van der Waals surface area (Å²) in [6.45, 7) is 1.78. The number of rotatable bonds is 5. The van der Waals surface area contributed by atoms with Crippen LogP contribution in [0.15, 0.2) is 34.7 Å². The van der Waals surface area contributed by atoms with Crippen LogP contribution in [-0.2, 0) is 9.59 Å². The van der Waals surface area contributed by atoms with Crippen LogP contribution in [0.3, 0.4) is 0 Å². The molecule has 0 radical (unpaired) electrons. The lowest BCUT2D eigenvalue weighted by Gasteiger charge is -2.42. The van der Waals surface area contributed by atoms with Gasteiger partial charge in [-0.3, -0.25) is 9.59 Å². The van der Waals surface area contributed by atoms with Gasteiger partial charge in [-0.15, -0.1) is 0 Å². The molecule has 2 aromatic rings. The predicted octanol–water partition coefficient (Wildman–Crippen LogP) is 3.05. The maximum Gasteiger partial charge on any atom is 0.305 e. The monoisotopic (exact) mass is 301 g/mol. The molecule has 0 aliphatic heterocycles. The van der Waals surface area contributed by atoms with E-state index in [4.69, 9.17) is 9.52 Å². The van der Waals surface area contributed by atoms with E-state index in [2.05, 4.69) is 5.32 Å². The van der Waals surface area contributed by atoms with Gasteiger partial charge >= 0.3 is 5.97 Å². The highest BCUT2D eigenvalue weighted by atomic mass is 16.4. The van der Waals surface area contributed by atoms with Crippen molar-refractivity contribution in [3.63, 3.8) is 0 Å². The molecule has 1 aromatic heterocycles. The fourth-order valence-corrected chi connectivity index (χ4v) is 2.95. The lowest BCUT2D eigenvalue weighted by molar-refractivity contribution is -0.140. The van der Waals surface area contributed by atoms with Gasteiger partial charge in [0.05, 0.1) is 17.9 Å². The average molecular weight is 301 g/mol. The third kappa shape index (κ3) is 2.71. The predicted molar refractivity (Wildman–Crippen MR) is 81.6 cm³/mol. The third-order valence-electron chi connectivity index (χ3n) is 4.45. The Labute approximate surface area is 128 Å². The number of aliphatic carboxylic acids is 1. The molecular formula is C17H19NO4. The Kier molecular flexibility index (Phi) is 3.64. The van der Waals surface area contributed by atoms with Gasteiger partial charge in [-0.25, -0.2) is 0 Å². The van der Waals surface area contributed by atoms with Gasteiger partial charge in [0, 0.05) is 5.39 Å². The Morgan fingerprint density at radius 2 is 2.09 bits per heavy atom. The fraction of sp³-hybridized carbons (Fsp3) is 0.412. The van der Waals surface area contributed by atoms with Crippen LogP contribution in [0.5, 0.6) is 0 Å². The number of hydrogen-bond donors (Lipinski definition) is 2. The molecule has 3 rings (SSSR count). The Hall–Kier alpha value is -2.30. The molecule has 1 unspecified atom stereocenters. The lowest BCUT2D eigenvalue weighted by Crippen LogP contribution is -2.55. The van der Waals surface area contributed by atoms with Crippen molar-refractivity contribution < 1.29 is 19.1 Å². The number of nitrogens with one attached hydrogen (secondary N) is 1. The van der Waals surface area contributed by atoms with E-state index in [1.165, 1.54) is 0 Å². The molecule has 1 aliphatic rings. The molecule has 5 nitrogen and oxygen atoms in total. The first-order chi connectivity index (χ1) is 10.5. The van der Waals surface area contributed by atoms with E-state index in [0.29, 0.717) is 5.76 Å². The molecule has 5 heteroatoms. The number of furan rings is 1. The molecule has 22 heavy (non-hydrogen) atoms. The molecule has 0 saturated heterocycles. The summed E-state index contributed by atoms with van der Waals surface area (Å²) >= 11 is 0. The highest BCUT2D eigenvalue weighted by Crippen LogP contribution is 2.36. The average Bonchev–Trinajstić information content (AvgIpc) is 2.87. The van der Waals surface area contributed by atoms with Crippen molar-refractivity contribution >= 4 is 22.8 Å². The number of fused-ring (bicyclic) bond motifs is 1. The number of para-hydroxylation sites is 1. The fourth-order valence-electron chi connectivity index (χ4n) is 2.95. The standard InChI is InChI=1S/C17H19NO4/c1-11(14-9-12-5-2-3-6-13(12)22-14)16(21)18-17(7-4-8-17)10-15(19)20/h2-3,5-6,9,11H,4,7-8,10H2,1H3,(H,18,21)(H,19,20). The topological polar surface area (TPSA) is 79.5 Å². The van der Waals surface area contributed by atoms with E-state index in [0.717, 1.165) is 30.2 Å². The first kappa shape index (κ1) is 14.6. The summed E-state index contributed by atoms with van der Waals surface area (Å²) < 4.78 is 5.72. The Bertz CT molecular complexity index is 681. The second kappa shape index (κ2) is 5.48. The van der Waals surface area contributed by atoms with Crippen LogP contribution in [0.1, 0.15) is 44.3 Å². The highest BCUT2D eigenvalue weighted by molar-refractivity contribution is 5.86. The van der Waals surface area contributed by atoms with Crippen LogP contribution < -0.4 is 5.32 Å². The molecule has 116 valence electrons. The van der Waals surface area contributed by atoms with Crippen molar-refractivity contribution in [3.05, 3.63) is 36.1 Å². The molecular weight excluding hydrogens is 282 g/mol. The zero-order chi connectivity index (χ0) is 15.7. The number of carbonyl (C=O) groups excluding carboxylic acids is 1. The minimum absolute atomic E-state index is 0.0222. The SMILES string of the molecule is CC(C(=O)NC1(CC(=O)O)CCC1)c1cc2ccccc2o1. The van der Waals surface area contributed by atoms with E-state index in [1.54, 1.807) is 6.92 Å². The van der Waals surface area contributed by atoms with Gasteiger partial charge < -0.3 is 14.8 Å². The van der Waals surface area contributed by atoms with E-state index in [-0.39, 0.29) is 12.3 Å². The number of hydrogen-bond acceptors (Lipinski definition) is 3. The molecule has 1 fully saturated rings. The first-order valence-corrected chi connectivity index (χ1v) is 7.51. The molecule has 2 N–H and O–H groups in total. The molecule has 0 bridgehead atoms. The molecule has 1 heterocycles. The number of benzene rings is 1. The van der Waals surface area contributed by atoms with Crippen molar-refractivity contribution in [3.8, 4) is 0 Å². The minimum atomic E-state index is -0.878. The van der Waals surface area contributed by atoms with E-state index < -0.39 is 17.4 Å². The van der Waals surface area contributed by atoms with E-state index in [1.807, 2.05) is 30.3 Å². The zero-order valence-electron chi connectivity index (χ0n) is 12.5. The number of carbonyl (C=O) groups is 2. The highest BCUT2D eigenvalue weighted by Gasteiger charge is 2.41. The minimum Gasteiger partial charge on any atom is -0.481 e. The van der Waals surface area contributed by atoms with Crippen molar-refractivity contribution in [2.75, 3.05) is 0 Å². The smallest absolute Gasteiger partial charge is 0.305 e. The summed E-state index contributed by atoms with van der Waals surface area (Å²) in [5.41, 5.74) is 0.171. The van der Waals surface area contributed by atoms with E-state index >= 15 is 0 Å². The van der Waals surface area contributed by atoms with Crippen LogP contribution in [0.2, 0.25) is 0 Å². The third-order valence-corrected chi connectivity index (χ3v) is 4.45. The van der Waals surface area contributed by atoms with E-state index in [9.17, 15) is 9.59 Å². The van der Waals surface area contributed by atoms with Gasteiger partial charge in [-0.2, -0.15) is 0 Å². The summed E-state index contributed by atoms with van der Waals surface area (Å²) in [5, 5.41) is 12.9. The molecule has 1 aromatic carbocycles. The largest absolute Gasteiger partial charge is 0.481 e. The Balaban J connectivity index is 1.75. The van der Waals surface area contributed by atoms with Crippen LogP contribution in [0, 0.1) is 0 Å². The van der Waals surface area contributed by atoms with Gasteiger partial charge in [-0.05, 0) is 38.3 Å². The molecule has 1 aliphatic carbocycles. The van der Waals surface area contributed by atoms with Crippen LogP contribution in [0.4, 0.5) is 0 Å². The van der Waals surface area contributed by atoms with Gasteiger partial charge in [0.1, 0.15) is 11.3 Å². The summed E-state index contributed by atoms with van der Waals surface area (Å²) in [6.07, 6.45) is 2.37. The summed E-state index contributed by atoms with van der Waals surface area (Å²) in [4.78, 5) is 23.4. The van der Waals surface area contributed by atoms with Gasteiger partial charge in [0.15, 0.2) is 0 Å².